The van der Waals surface area contributed by atoms with Crippen LogP contribution in [0.5, 0.6) is 0 Å². The van der Waals surface area contributed by atoms with Crippen LogP contribution in [0.1, 0.15) is 0 Å². The second kappa shape index (κ2) is 6.45. The van der Waals surface area contributed by atoms with Gasteiger partial charge in [-0.25, -0.2) is 0 Å². The highest BCUT2D eigenvalue weighted by Crippen LogP contribution is 1.82. The van der Waals surface area contributed by atoms with Gasteiger partial charge in [-0.05, 0) is 12.6 Å². The van der Waals surface area contributed by atoms with E-state index in [0.29, 0.717) is 19.6 Å². The van der Waals surface area contributed by atoms with Gasteiger partial charge in [-0.15, -0.1) is 0 Å². The molecule has 0 radical (unpaired) electrons. The van der Waals surface area contributed by atoms with Gasteiger partial charge in [0.05, 0.1) is 6.54 Å². The molecule has 0 aliphatic heterocycles. The summed E-state index contributed by atoms with van der Waals surface area (Å²) in [6, 6.07) is 0. The first kappa shape index (κ1) is 10.7. The van der Waals surface area contributed by atoms with Crippen LogP contribution in [0.2, 0.25) is 0 Å². The SMILES string of the molecule is CNC(=O)CN(C)CCN=[N+]=[N-]. The molecular weight excluding hydrogens is 158 g/mol. The fourth-order valence-electron chi connectivity index (χ4n) is 0.663. The number of nitrogens with one attached hydrogen (secondary N) is 1. The minimum absolute atomic E-state index is 0.0431. The molecule has 0 fully saturated rings. The standard InChI is InChI=1S/C6H13N5O/c1-8-6(12)5-11(2)4-3-9-10-7/h3-5H2,1-2H3,(H,8,12). The number of rotatable bonds is 5. The van der Waals surface area contributed by atoms with Gasteiger partial charge in [0, 0.05) is 25.0 Å². The zero-order valence-electron chi connectivity index (χ0n) is 7.32. The molecule has 0 saturated heterocycles. The summed E-state index contributed by atoms with van der Waals surface area (Å²) in [4.78, 5) is 15.2. The van der Waals surface area contributed by atoms with Crippen molar-refractivity contribution in [2.75, 3.05) is 33.7 Å². The number of carbonyl (C=O) groups excluding carboxylic acids is 1. The summed E-state index contributed by atoms with van der Waals surface area (Å²) in [7, 11) is 3.38. The van der Waals surface area contributed by atoms with E-state index >= 15 is 0 Å². The fraction of sp³-hybridized carbons (Fsp3) is 0.833. The van der Waals surface area contributed by atoms with Crippen LogP contribution in [-0.2, 0) is 4.79 Å². The molecule has 0 aliphatic rings. The molecule has 12 heavy (non-hydrogen) atoms. The number of azide groups is 1. The van der Waals surface area contributed by atoms with E-state index in [4.69, 9.17) is 5.53 Å². The van der Waals surface area contributed by atoms with Crippen molar-refractivity contribution in [2.45, 2.75) is 0 Å². The van der Waals surface area contributed by atoms with Gasteiger partial charge in [-0.3, -0.25) is 9.69 Å². The minimum atomic E-state index is -0.0431. The van der Waals surface area contributed by atoms with E-state index in [9.17, 15) is 4.79 Å². The number of carbonyl (C=O) groups is 1. The molecule has 0 aromatic rings. The van der Waals surface area contributed by atoms with Gasteiger partial charge in [0.25, 0.3) is 0 Å². The van der Waals surface area contributed by atoms with E-state index in [1.807, 2.05) is 0 Å². The van der Waals surface area contributed by atoms with Gasteiger partial charge in [0.2, 0.25) is 5.91 Å². The second-order valence-corrected chi connectivity index (χ2v) is 2.37. The Balaban J connectivity index is 3.51. The monoisotopic (exact) mass is 171 g/mol. The van der Waals surface area contributed by atoms with Gasteiger partial charge in [0.1, 0.15) is 0 Å². The molecule has 0 unspecified atom stereocenters. The summed E-state index contributed by atoms with van der Waals surface area (Å²) < 4.78 is 0. The van der Waals surface area contributed by atoms with Gasteiger partial charge in [-0.1, -0.05) is 5.11 Å². The average Bonchev–Trinajstić information content (AvgIpc) is 2.05. The Morgan fingerprint density at radius 1 is 1.75 bits per heavy atom. The Morgan fingerprint density at radius 2 is 2.42 bits per heavy atom. The van der Waals surface area contributed by atoms with E-state index in [0.717, 1.165) is 0 Å². The second-order valence-electron chi connectivity index (χ2n) is 2.37. The molecule has 0 saturated carbocycles. The predicted octanol–water partition coefficient (Wildman–Crippen LogP) is -0.0255. The molecule has 68 valence electrons. The lowest BCUT2D eigenvalue weighted by Gasteiger charge is -2.13. The molecular formula is C6H13N5O. The van der Waals surface area contributed by atoms with Crippen molar-refractivity contribution in [3.8, 4) is 0 Å². The summed E-state index contributed by atoms with van der Waals surface area (Å²) in [5, 5.41) is 5.85. The predicted molar refractivity (Wildman–Crippen MR) is 45.6 cm³/mol. The first-order valence-corrected chi connectivity index (χ1v) is 3.60. The van der Waals surface area contributed by atoms with Crippen LogP contribution < -0.4 is 5.32 Å². The zero-order valence-corrected chi connectivity index (χ0v) is 7.32. The highest BCUT2D eigenvalue weighted by molar-refractivity contribution is 5.77. The minimum Gasteiger partial charge on any atom is -0.358 e. The van der Waals surface area contributed by atoms with Crippen molar-refractivity contribution in [1.29, 1.82) is 0 Å². The van der Waals surface area contributed by atoms with Crippen LogP contribution >= 0.6 is 0 Å². The van der Waals surface area contributed by atoms with E-state index < -0.39 is 0 Å². The first-order chi connectivity index (χ1) is 5.70. The van der Waals surface area contributed by atoms with Crippen molar-refractivity contribution in [3.05, 3.63) is 10.4 Å². The average molecular weight is 171 g/mol. The summed E-state index contributed by atoms with van der Waals surface area (Å²) in [6.45, 7) is 1.32. The van der Waals surface area contributed by atoms with Gasteiger partial charge in [-0.2, -0.15) is 0 Å². The topological polar surface area (TPSA) is 81.1 Å². The van der Waals surface area contributed by atoms with Crippen molar-refractivity contribution < 1.29 is 4.79 Å². The lowest BCUT2D eigenvalue weighted by molar-refractivity contribution is -0.121. The molecule has 1 amide bonds. The van der Waals surface area contributed by atoms with Crippen LogP contribution in [-0.4, -0.2) is 44.5 Å². The molecule has 0 aromatic carbocycles. The first-order valence-electron chi connectivity index (χ1n) is 3.60. The van der Waals surface area contributed by atoms with Crippen molar-refractivity contribution in [3.63, 3.8) is 0 Å². The molecule has 0 heterocycles. The number of hydrogen-bond donors (Lipinski definition) is 1. The Morgan fingerprint density at radius 3 is 2.92 bits per heavy atom. The summed E-state index contributed by atoms with van der Waals surface area (Å²) in [5.74, 6) is -0.0431. The summed E-state index contributed by atoms with van der Waals surface area (Å²) in [6.07, 6.45) is 0. The summed E-state index contributed by atoms with van der Waals surface area (Å²) in [5.41, 5.74) is 7.97. The van der Waals surface area contributed by atoms with Crippen molar-refractivity contribution >= 4 is 5.91 Å². The third kappa shape index (κ3) is 5.52. The molecule has 0 spiro atoms. The molecule has 6 heteroatoms. The third-order valence-electron chi connectivity index (χ3n) is 1.34. The Bertz CT molecular complexity index is 186. The maximum atomic E-state index is 10.8. The molecule has 1 N–H and O–H groups in total. The van der Waals surface area contributed by atoms with E-state index in [2.05, 4.69) is 15.3 Å². The molecule has 0 rings (SSSR count). The number of amides is 1. The lowest BCUT2D eigenvalue weighted by Crippen LogP contribution is -2.34. The smallest absolute Gasteiger partial charge is 0.233 e. The fourth-order valence-corrected chi connectivity index (χ4v) is 0.663. The van der Waals surface area contributed by atoms with Crippen LogP contribution in [0, 0.1) is 0 Å². The largest absolute Gasteiger partial charge is 0.358 e. The Hall–Kier alpha value is -1.26. The summed E-state index contributed by atoms with van der Waals surface area (Å²) >= 11 is 0. The van der Waals surface area contributed by atoms with Crippen LogP contribution in [0.25, 0.3) is 10.4 Å². The highest BCUT2D eigenvalue weighted by Gasteiger charge is 2.02. The normalized spacial score (nSPS) is 9.25. The van der Waals surface area contributed by atoms with Crippen LogP contribution in [0.3, 0.4) is 0 Å². The Labute approximate surface area is 71.2 Å². The van der Waals surface area contributed by atoms with Crippen molar-refractivity contribution in [2.24, 2.45) is 5.11 Å². The van der Waals surface area contributed by atoms with Gasteiger partial charge < -0.3 is 5.32 Å². The van der Waals surface area contributed by atoms with E-state index in [1.54, 1.807) is 19.0 Å². The Kier molecular flexibility index (Phi) is 5.77. The van der Waals surface area contributed by atoms with Crippen LogP contribution in [0.15, 0.2) is 5.11 Å². The van der Waals surface area contributed by atoms with E-state index in [1.165, 1.54) is 0 Å². The maximum absolute atomic E-state index is 10.8. The molecule has 0 bridgehead atoms. The third-order valence-corrected chi connectivity index (χ3v) is 1.34. The number of likely N-dealkylation sites (N-methyl/N-ethyl adjacent to an activating group) is 2. The van der Waals surface area contributed by atoms with Crippen molar-refractivity contribution in [1.82, 2.24) is 10.2 Å². The molecule has 0 aromatic heterocycles. The van der Waals surface area contributed by atoms with Gasteiger partial charge in [0.15, 0.2) is 0 Å². The molecule has 0 atom stereocenters. The lowest BCUT2D eigenvalue weighted by atomic mass is 10.5. The number of hydrogen-bond acceptors (Lipinski definition) is 3. The molecule has 0 aliphatic carbocycles. The number of nitrogens with zero attached hydrogens (tertiary/aromatic N) is 4. The maximum Gasteiger partial charge on any atom is 0.233 e. The van der Waals surface area contributed by atoms with Gasteiger partial charge >= 0.3 is 0 Å². The molecule has 6 nitrogen and oxygen atoms in total. The van der Waals surface area contributed by atoms with Crippen LogP contribution in [0.4, 0.5) is 0 Å². The zero-order chi connectivity index (χ0) is 9.40. The quantitative estimate of drug-likeness (QED) is 0.358. The highest BCUT2D eigenvalue weighted by atomic mass is 16.1. The van der Waals surface area contributed by atoms with E-state index in [-0.39, 0.29) is 5.91 Å².